The Morgan fingerprint density at radius 1 is 1.14 bits per heavy atom. The fourth-order valence-corrected chi connectivity index (χ4v) is 2.98. The second-order valence-electron chi connectivity index (χ2n) is 6.38. The lowest BCUT2D eigenvalue weighted by Gasteiger charge is -2.14. The second kappa shape index (κ2) is 7.82. The molecule has 0 aliphatic carbocycles. The minimum atomic E-state index is -0.613. The third kappa shape index (κ3) is 3.61. The van der Waals surface area contributed by atoms with Crippen molar-refractivity contribution >= 4 is 39.9 Å². The van der Waals surface area contributed by atoms with Gasteiger partial charge >= 0.3 is 5.97 Å². The Kier molecular flexibility index (Phi) is 5.46. The van der Waals surface area contributed by atoms with Crippen molar-refractivity contribution in [1.29, 1.82) is 0 Å². The SMILES string of the molecule is COC(=O)c1cc(NC(=O)c2nn(C(C)C)c(=O)c3ccccc23)ccc1Cl. The number of carbonyl (C=O) groups excluding carboxylic acids is 2. The monoisotopic (exact) mass is 399 g/mol. The van der Waals surface area contributed by atoms with Gasteiger partial charge in [-0.1, -0.05) is 29.8 Å². The Labute approximate surface area is 165 Å². The summed E-state index contributed by atoms with van der Waals surface area (Å²) in [5.41, 5.74) is 0.329. The summed E-state index contributed by atoms with van der Waals surface area (Å²) in [6.45, 7) is 3.62. The maximum absolute atomic E-state index is 12.9. The first kappa shape index (κ1) is 19.6. The molecule has 0 saturated heterocycles. The average Bonchev–Trinajstić information content (AvgIpc) is 2.69. The molecule has 28 heavy (non-hydrogen) atoms. The molecule has 3 aromatic rings. The number of methoxy groups -OCH3 is 1. The maximum atomic E-state index is 12.9. The molecule has 0 atom stereocenters. The minimum Gasteiger partial charge on any atom is -0.465 e. The highest BCUT2D eigenvalue weighted by Gasteiger charge is 2.19. The highest BCUT2D eigenvalue weighted by Crippen LogP contribution is 2.22. The van der Waals surface area contributed by atoms with Gasteiger partial charge in [0.05, 0.1) is 29.1 Å². The van der Waals surface area contributed by atoms with Gasteiger partial charge in [-0.2, -0.15) is 5.10 Å². The van der Waals surface area contributed by atoms with E-state index in [1.165, 1.54) is 23.9 Å². The van der Waals surface area contributed by atoms with Crippen LogP contribution in [-0.4, -0.2) is 28.8 Å². The van der Waals surface area contributed by atoms with E-state index in [9.17, 15) is 14.4 Å². The Bertz CT molecular complexity index is 1140. The van der Waals surface area contributed by atoms with E-state index in [-0.39, 0.29) is 27.9 Å². The van der Waals surface area contributed by atoms with Crippen LogP contribution in [0, 0.1) is 0 Å². The predicted octanol–water partition coefficient (Wildman–Crippen LogP) is 3.67. The zero-order valence-electron chi connectivity index (χ0n) is 15.5. The number of ether oxygens (including phenoxy) is 1. The number of amides is 1. The molecule has 1 heterocycles. The van der Waals surface area contributed by atoms with Crippen molar-refractivity contribution in [3.8, 4) is 0 Å². The number of halogens is 1. The number of benzene rings is 2. The largest absolute Gasteiger partial charge is 0.465 e. The molecule has 0 bridgehead atoms. The molecule has 3 rings (SSSR count). The lowest BCUT2D eigenvalue weighted by Crippen LogP contribution is -2.29. The van der Waals surface area contributed by atoms with Crippen LogP contribution in [0.2, 0.25) is 5.02 Å². The molecule has 8 heteroatoms. The van der Waals surface area contributed by atoms with E-state index in [4.69, 9.17) is 11.6 Å². The molecule has 0 spiro atoms. The number of carbonyl (C=O) groups is 2. The van der Waals surface area contributed by atoms with Crippen LogP contribution >= 0.6 is 11.6 Å². The zero-order valence-corrected chi connectivity index (χ0v) is 16.3. The summed E-state index contributed by atoms with van der Waals surface area (Å²) < 4.78 is 5.96. The fourth-order valence-electron chi connectivity index (χ4n) is 2.78. The molecule has 0 fully saturated rings. The van der Waals surface area contributed by atoms with Crippen molar-refractivity contribution in [3.05, 3.63) is 69.1 Å². The van der Waals surface area contributed by atoms with E-state index in [0.717, 1.165) is 0 Å². The average molecular weight is 400 g/mol. The Hall–Kier alpha value is -3.19. The van der Waals surface area contributed by atoms with Gasteiger partial charge in [-0.25, -0.2) is 9.48 Å². The maximum Gasteiger partial charge on any atom is 0.339 e. The van der Waals surface area contributed by atoms with E-state index in [2.05, 4.69) is 15.2 Å². The summed E-state index contributed by atoms with van der Waals surface area (Å²) in [5.74, 6) is -1.12. The molecule has 144 valence electrons. The number of hydrogen-bond acceptors (Lipinski definition) is 5. The number of rotatable bonds is 4. The minimum absolute atomic E-state index is 0.110. The predicted molar refractivity (Wildman–Crippen MR) is 107 cm³/mol. The molecular weight excluding hydrogens is 382 g/mol. The lowest BCUT2D eigenvalue weighted by atomic mass is 10.1. The van der Waals surface area contributed by atoms with Crippen molar-refractivity contribution in [1.82, 2.24) is 9.78 Å². The number of nitrogens with one attached hydrogen (secondary N) is 1. The molecule has 7 nitrogen and oxygen atoms in total. The Balaban J connectivity index is 2.06. The number of aromatic nitrogens is 2. The van der Waals surface area contributed by atoms with Gasteiger partial charge in [-0.3, -0.25) is 9.59 Å². The first-order valence-corrected chi connectivity index (χ1v) is 8.92. The van der Waals surface area contributed by atoms with Crippen LogP contribution in [0.4, 0.5) is 5.69 Å². The fraction of sp³-hybridized carbons (Fsp3) is 0.200. The molecule has 0 radical (unpaired) electrons. The van der Waals surface area contributed by atoms with Crippen LogP contribution < -0.4 is 10.9 Å². The highest BCUT2D eigenvalue weighted by molar-refractivity contribution is 6.33. The number of nitrogens with zero attached hydrogens (tertiary/aromatic N) is 2. The van der Waals surface area contributed by atoms with Gasteiger partial charge in [0.15, 0.2) is 5.69 Å². The van der Waals surface area contributed by atoms with Crippen molar-refractivity contribution in [2.45, 2.75) is 19.9 Å². The van der Waals surface area contributed by atoms with Crippen LogP contribution in [0.15, 0.2) is 47.3 Å². The van der Waals surface area contributed by atoms with Gasteiger partial charge < -0.3 is 10.1 Å². The molecule has 1 amide bonds. The standard InChI is InChI=1S/C20H18ClN3O4/c1-11(2)24-19(26)14-7-5-4-6-13(14)17(23-24)18(25)22-12-8-9-16(21)15(10-12)20(27)28-3/h4-11H,1-3H3,(H,22,25). The summed E-state index contributed by atoms with van der Waals surface area (Å²) in [6, 6.07) is 11.1. The summed E-state index contributed by atoms with van der Waals surface area (Å²) in [5, 5.41) is 8.02. The molecular formula is C20H18ClN3O4. The van der Waals surface area contributed by atoms with Crippen LogP contribution in [0.1, 0.15) is 40.7 Å². The third-order valence-electron chi connectivity index (χ3n) is 4.16. The smallest absolute Gasteiger partial charge is 0.339 e. The van der Waals surface area contributed by atoms with Gasteiger partial charge in [0, 0.05) is 11.1 Å². The van der Waals surface area contributed by atoms with E-state index < -0.39 is 11.9 Å². The van der Waals surface area contributed by atoms with Crippen LogP contribution in [0.25, 0.3) is 10.8 Å². The van der Waals surface area contributed by atoms with Gasteiger partial charge in [0.25, 0.3) is 11.5 Å². The Morgan fingerprint density at radius 3 is 2.46 bits per heavy atom. The molecule has 0 aliphatic rings. The molecule has 0 saturated carbocycles. The normalized spacial score (nSPS) is 10.9. The number of esters is 1. The van der Waals surface area contributed by atoms with Crippen LogP contribution in [0.3, 0.4) is 0 Å². The number of anilines is 1. The van der Waals surface area contributed by atoms with E-state index in [1.54, 1.807) is 30.3 Å². The Morgan fingerprint density at radius 2 is 1.82 bits per heavy atom. The summed E-state index contributed by atoms with van der Waals surface area (Å²) in [4.78, 5) is 37.3. The molecule has 0 aliphatic heterocycles. The molecule has 1 N–H and O–H groups in total. The van der Waals surface area contributed by atoms with Gasteiger partial charge in [0.2, 0.25) is 0 Å². The van der Waals surface area contributed by atoms with Crippen molar-refractivity contribution < 1.29 is 14.3 Å². The zero-order chi connectivity index (χ0) is 20.4. The number of hydrogen-bond donors (Lipinski definition) is 1. The summed E-state index contributed by atoms with van der Waals surface area (Å²) >= 11 is 6.01. The topological polar surface area (TPSA) is 90.3 Å². The molecule has 0 unspecified atom stereocenters. The second-order valence-corrected chi connectivity index (χ2v) is 6.79. The molecule has 1 aromatic heterocycles. The third-order valence-corrected chi connectivity index (χ3v) is 4.49. The number of fused-ring (bicyclic) bond motifs is 1. The van der Waals surface area contributed by atoms with E-state index in [0.29, 0.717) is 16.5 Å². The van der Waals surface area contributed by atoms with E-state index in [1.807, 2.05) is 13.8 Å². The van der Waals surface area contributed by atoms with Gasteiger partial charge in [0.1, 0.15) is 0 Å². The van der Waals surface area contributed by atoms with Crippen LogP contribution in [0.5, 0.6) is 0 Å². The van der Waals surface area contributed by atoms with E-state index >= 15 is 0 Å². The van der Waals surface area contributed by atoms with Crippen molar-refractivity contribution in [2.75, 3.05) is 12.4 Å². The lowest BCUT2D eigenvalue weighted by molar-refractivity contribution is 0.0600. The quantitative estimate of drug-likeness (QED) is 0.676. The highest BCUT2D eigenvalue weighted by atomic mass is 35.5. The first-order valence-electron chi connectivity index (χ1n) is 8.54. The summed E-state index contributed by atoms with van der Waals surface area (Å²) in [6.07, 6.45) is 0. The summed E-state index contributed by atoms with van der Waals surface area (Å²) in [7, 11) is 1.25. The van der Waals surface area contributed by atoms with Crippen molar-refractivity contribution in [2.24, 2.45) is 0 Å². The first-order chi connectivity index (χ1) is 13.3. The van der Waals surface area contributed by atoms with Gasteiger partial charge in [-0.05, 0) is 38.1 Å². The molecule has 2 aromatic carbocycles. The van der Waals surface area contributed by atoms with Crippen LogP contribution in [-0.2, 0) is 4.74 Å². The van der Waals surface area contributed by atoms with Gasteiger partial charge in [-0.15, -0.1) is 0 Å². The van der Waals surface area contributed by atoms with Crippen molar-refractivity contribution in [3.63, 3.8) is 0 Å².